The number of carbonyl (C=O) groups is 4. The fourth-order valence-corrected chi connectivity index (χ4v) is 7.25. The Hall–Kier alpha value is -5.70. The molecule has 16 heteroatoms. The van der Waals surface area contributed by atoms with Gasteiger partial charge in [0.05, 0.1) is 37.3 Å². The van der Waals surface area contributed by atoms with Gasteiger partial charge in [0.15, 0.2) is 0 Å². The van der Waals surface area contributed by atoms with Crippen LogP contribution in [0.3, 0.4) is 0 Å². The number of carbonyl (C=O) groups excluding carboxylic acids is 3. The number of benzene rings is 2. The Kier molecular flexibility index (Phi) is 15.0. The molecule has 0 saturated carbocycles. The van der Waals surface area contributed by atoms with Gasteiger partial charge in [0.1, 0.15) is 29.4 Å². The smallest absolute Gasteiger partial charge is 0.407 e. The summed E-state index contributed by atoms with van der Waals surface area (Å²) in [4.78, 5) is 69.2. The molecule has 57 heavy (non-hydrogen) atoms. The first-order chi connectivity index (χ1) is 26.4. The summed E-state index contributed by atoms with van der Waals surface area (Å²) >= 11 is 0. The van der Waals surface area contributed by atoms with Crippen LogP contribution < -0.4 is 10.6 Å². The van der Waals surface area contributed by atoms with Crippen molar-refractivity contribution in [3.8, 4) is 34.9 Å². The molecule has 2 aliphatic rings. The topological polar surface area (TPSA) is 186 Å². The van der Waals surface area contributed by atoms with Crippen LogP contribution in [0.4, 0.5) is 9.59 Å². The van der Waals surface area contributed by atoms with Crippen molar-refractivity contribution in [1.29, 1.82) is 0 Å². The van der Waals surface area contributed by atoms with E-state index in [9.17, 15) is 24.3 Å². The lowest BCUT2D eigenvalue weighted by molar-refractivity contribution is -0.136. The number of hydrogen-bond donors (Lipinski definition) is 5. The lowest BCUT2D eigenvalue weighted by atomic mass is 10.0. The van der Waals surface area contributed by atoms with Gasteiger partial charge in [-0.3, -0.25) is 9.59 Å². The molecule has 6 rings (SSSR count). The number of hydrogen-bond acceptors (Lipinski definition) is 7. The summed E-state index contributed by atoms with van der Waals surface area (Å²) in [5.41, 5.74) is 3.17. The number of rotatable bonds is 9. The van der Waals surface area contributed by atoms with Crippen LogP contribution >= 0.6 is 24.8 Å². The summed E-state index contributed by atoms with van der Waals surface area (Å²) in [6.07, 6.45) is 4.67. The Labute approximate surface area is 344 Å². The third-order valence-electron chi connectivity index (χ3n) is 10.1. The van der Waals surface area contributed by atoms with Gasteiger partial charge in [-0.2, -0.15) is 0 Å². The van der Waals surface area contributed by atoms with E-state index in [1.54, 1.807) is 22.2 Å². The predicted octanol–water partition coefficient (Wildman–Crippen LogP) is 6.20. The van der Waals surface area contributed by atoms with E-state index in [0.29, 0.717) is 30.4 Å². The lowest BCUT2D eigenvalue weighted by Crippen LogP contribution is -2.51. The number of ether oxygens (including phenoxy) is 1. The molecule has 5 N–H and O–H groups in total. The third-order valence-corrected chi connectivity index (χ3v) is 10.1. The molecular formula is C41H48Cl2N8O6. The standard InChI is InChI=1S/C41H46N8O6.2ClH/c1-24(2)34(46-40(52)53)38(50)49-19-9-13-33(49)37-43-23-31(45-37)29-17-16-27-20-26(14-15-28(27)21-29)10-6-7-11-30-22-42-36(44-30)32-12-8-18-48(32)39(51)35(25(3)4)47-41(54)55-5;;/h14-17,20-25,32-35,46H,8-9,12-13,18-19H2,1-5H3,(H,42,44)(H,43,45)(H,47,54)(H,52,53);2*1H/t32?,33?,34-,35?;;/m0../s1. The van der Waals surface area contributed by atoms with E-state index >= 15 is 0 Å². The van der Waals surface area contributed by atoms with Gasteiger partial charge in [0.25, 0.3) is 0 Å². The molecule has 0 bridgehead atoms. The van der Waals surface area contributed by atoms with Crippen LogP contribution in [-0.4, -0.2) is 91.1 Å². The molecule has 0 spiro atoms. The van der Waals surface area contributed by atoms with Gasteiger partial charge in [-0.25, -0.2) is 19.6 Å². The van der Waals surface area contributed by atoms with Crippen molar-refractivity contribution in [3.63, 3.8) is 0 Å². The maximum Gasteiger partial charge on any atom is 0.407 e. The Morgan fingerprint density at radius 1 is 0.789 bits per heavy atom. The van der Waals surface area contributed by atoms with Crippen molar-refractivity contribution in [3.05, 3.63) is 71.7 Å². The minimum absolute atomic E-state index is 0. The number of alkyl carbamates (subject to hydrolysis) is 1. The van der Waals surface area contributed by atoms with E-state index in [-0.39, 0.29) is 60.5 Å². The van der Waals surface area contributed by atoms with Gasteiger partial charge in [-0.05, 0) is 84.3 Å². The quantitative estimate of drug-likeness (QED) is 0.124. The maximum atomic E-state index is 13.4. The van der Waals surface area contributed by atoms with Crippen molar-refractivity contribution in [1.82, 2.24) is 40.4 Å². The minimum atomic E-state index is -1.22. The molecule has 3 unspecified atom stereocenters. The van der Waals surface area contributed by atoms with Gasteiger partial charge < -0.3 is 40.2 Å². The molecule has 4 heterocycles. The Bertz CT molecular complexity index is 2210. The van der Waals surface area contributed by atoms with Crippen LogP contribution in [0.25, 0.3) is 22.0 Å². The molecule has 4 amide bonds. The molecule has 14 nitrogen and oxygen atoms in total. The van der Waals surface area contributed by atoms with E-state index in [0.717, 1.165) is 53.3 Å². The highest BCUT2D eigenvalue weighted by molar-refractivity contribution is 5.89. The van der Waals surface area contributed by atoms with Crippen molar-refractivity contribution in [2.75, 3.05) is 20.2 Å². The van der Waals surface area contributed by atoms with Crippen LogP contribution in [0.1, 0.15) is 88.4 Å². The number of H-pyrrole nitrogens is 2. The fourth-order valence-electron chi connectivity index (χ4n) is 7.25. The first kappa shape index (κ1) is 44.0. The van der Waals surface area contributed by atoms with Crippen molar-refractivity contribution < 1.29 is 29.0 Å². The van der Waals surface area contributed by atoms with Crippen LogP contribution in [-0.2, 0) is 14.3 Å². The number of nitrogens with zero attached hydrogens (tertiary/aromatic N) is 4. The first-order valence-corrected chi connectivity index (χ1v) is 18.5. The second-order valence-electron chi connectivity index (χ2n) is 14.5. The zero-order chi connectivity index (χ0) is 39.2. The monoisotopic (exact) mass is 818 g/mol. The maximum absolute atomic E-state index is 13.4. The minimum Gasteiger partial charge on any atom is -0.465 e. The molecule has 2 aliphatic heterocycles. The molecule has 2 aromatic carbocycles. The second-order valence-corrected chi connectivity index (χ2v) is 14.5. The van der Waals surface area contributed by atoms with Crippen LogP contribution in [0, 0.1) is 35.5 Å². The van der Waals surface area contributed by atoms with E-state index in [2.05, 4.69) is 60.3 Å². The van der Waals surface area contributed by atoms with Crippen LogP contribution in [0.15, 0.2) is 48.8 Å². The number of aromatic amines is 2. The predicted molar refractivity (Wildman–Crippen MR) is 220 cm³/mol. The summed E-state index contributed by atoms with van der Waals surface area (Å²) < 4.78 is 4.72. The molecule has 0 aliphatic carbocycles. The molecular weight excluding hydrogens is 771 g/mol. The van der Waals surface area contributed by atoms with Gasteiger partial charge >= 0.3 is 12.2 Å². The number of aromatic nitrogens is 4. The molecule has 2 aromatic heterocycles. The third kappa shape index (κ3) is 10.2. The Balaban J connectivity index is 0.00000360. The first-order valence-electron chi connectivity index (χ1n) is 18.5. The molecule has 4 atom stereocenters. The molecule has 4 aromatic rings. The van der Waals surface area contributed by atoms with E-state index < -0.39 is 24.3 Å². The largest absolute Gasteiger partial charge is 0.465 e. The highest BCUT2D eigenvalue weighted by Gasteiger charge is 2.38. The van der Waals surface area contributed by atoms with Crippen molar-refractivity contribution in [2.24, 2.45) is 11.8 Å². The highest BCUT2D eigenvalue weighted by atomic mass is 35.5. The number of imidazole rings is 2. The Morgan fingerprint density at radius 3 is 1.96 bits per heavy atom. The molecule has 0 radical (unpaired) electrons. The zero-order valence-corrected chi connectivity index (χ0v) is 34.1. The lowest BCUT2D eigenvalue weighted by Gasteiger charge is -2.29. The molecule has 2 fully saturated rings. The zero-order valence-electron chi connectivity index (χ0n) is 32.4. The Morgan fingerprint density at radius 2 is 1.35 bits per heavy atom. The second kappa shape index (κ2) is 19.4. The normalized spacial score (nSPS) is 17.0. The van der Waals surface area contributed by atoms with Gasteiger partial charge in [0, 0.05) is 24.2 Å². The summed E-state index contributed by atoms with van der Waals surface area (Å²) in [6.45, 7) is 8.52. The average Bonchev–Trinajstić information content (AvgIpc) is 4.00. The number of amides is 4. The average molecular weight is 820 g/mol. The summed E-state index contributed by atoms with van der Waals surface area (Å²) in [6, 6.07) is 10.0. The molecule has 302 valence electrons. The highest BCUT2D eigenvalue weighted by Crippen LogP contribution is 2.34. The van der Waals surface area contributed by atoms with Crippen LogP contribution in [0.5, 0.6) is 0 Å². The van der Waals surface area contributed by atoms with Gasteiger partial charge in [0.2, 0.25) is 11.8 Å². The van der Waals surface area contributed by atoms with E-state index in [1.807, 2.05) is 58.0 Å². The van der Waals surface area contributed by atoms with Crippen LogP contribution in [0.2, 0.25) is 0 Å². The summed E-state index contributed by atoms with van der Waals surface area (Å²) in [7, 11) is 1.27. The fraction of sp³-hybridized carbons (Fsp3) is 0.415. The van der Waals surface area contributed by atoms with Gasteiger partial charge in [-0.1, -0.05) is 51.8 Å². The number of carboxylic acid groups (broad SMARTS) is 1. The van der Waals surface area contributed by atoms with Gasteiger partial charge in [-0.15, -0.1) is 24.8 Å². The summed E-state index contributed by atoms with van der Waals surface area (Å²) in [5.74, 6) is 12.5. The van der Waals surface area contributed by atoms with E-state index in [4.69, 9.17) is 4.74 Å². The number of halogens is 2. The molecule has 2 saturated heterocycles. The number of fused-ring (bicyclic) bond motifs is 1. The number of likely N-dealkylation sites (tertiary alicyclic amines) is 2. The van der Waals surface area contributed by atoms with Crippen molar-refractivity contribution >= 4 is 59.6 Å². The summed E-state index contributed by atoms with van der Waals surface area (Å²) in [5, 5.41) is 16.3. The van der Waals surface area contributed by atoms with E-state index in [1.165, 1.54) is 7.11 Å². The van der Waals surface area contributed by atoms with Crippen molar-refractivity contribution in [2.45, 2.75) is 77.5 Å². The number of methoxy groups -OCH3 is 1. The number of nitrogens with one attached hydrogen (secondary N) is 4. The SMILES string of the molecule is COC(=O)NC(C(=O)N1CCCC1c1ncc(C#CC#Cc2ccc3cc(-c4cnc(C5CCCN5C(=O)[C@@H](NC(=O)O)C(C)C)[nH]4)ccc3c2)[nH]1)C(C)C.Cl.Cl.